The van der Waals surface area contributed by atoms with E-state index in [0.29, 0.717) is 9.13 Å². The summed E-state index contributed by atoms with van der Waals surface area (Å²) in [4.78, 5) is 23.3. The van der Waals surface area contributed by atoms with Crippen LogP contribution in [0.2, 0.25) is 0 Å². The minimum Gasteiger partial charge on any atom is -0.293 e. The maximum Gasteiger partial charge on any atom is 0.259 e. The van der Waals surface area contributed by atoms with Crippen molar-refractivity contribution in [2.24, 2.45) is 0 Å². The number of imide groups is 1. The van der Waals surface area contributed by atoms with E-state index >= 15 is 0 Å². The summed E-state index contributed by atoms with van der Waals surface area (Å²) in [7, 11) is 0. The van der Waals surface area contributed by atoms with Crippen molar-refractivity contribution >= 4 is 33.0 Å². The van der Waals surface area contributed by atoms with Gasteiger partial charge in [-0.2, -0.15) is 0 Å². The number of halogens is 1. The molecule has 32 heavy (non-hydrogen) atoms. The third kappa shape index (κ3) is 13.9. The van der Waals surface area contributed by atoms with Gasteiger partial charge in [-0.05, 0) is 56.2 Å². The zero-order chi connectivity index (χ0) is 23.4. The number of benzene rings is 1. The van der Waals surface area contributed by atoms with Crippen LogP contribution in [0.5, 0.6) is 0 Å². The summed E-state index contributed by atoms with van der Waals surface area (Å²) in [6, 6.07) is 5.51. The maximum absolute atomic E-state index is 12.2. The van der Waals surface area contributed by atoms with Crippen LogP contribution < -0.4 is 5.32 Å². The highest BCUT2D eigenvalue weighted by atomic mass is 127. The van der Waals surface area contributed by atoms with Crippen LogP contribution in [-0.4, -0.2) is 11.8 Å². The van der Waals surface area contributed by atoms with Gasteiger partial charge in [0.05, 0.1) is 9.13 Å². The number of rotatable bonds is 18. The summed E-state index contributed by atoms with van der Waals surface area (Å²) >= 11 is -1.45. The van der Waals surface area contributed by atoms with Crippen LogP contribution in [0.1, 0.15) is 120 Å². The number of nitrogens with one attached hydrogen (secondary N) is 1. The smallest absolute Gasteiger partial charge is 0.259 e. The van der Waals surface area contributed by atoms with E-state index in [-0.39, 0.29) is 0 Å². The molecule has 1 aromatic carbocycles. The number of carbonyl (C=O) groups excluding carboxylic acids is 2. The minimum atomic E-state index is -1.45. The Morgan fingerprint density at radius 3 is 1.97 bits per heavy atom. The molecule has 0 atom stereocenters. The standard InChI is InChI=1S/C27H42INO3/c1-3-4-5-6-7-8-9-10-11-12-13-14-15-16-17-18-19-24-20-21-26(28-32)25(22-24)27(31)29-23(2)30/h12-13,20-22H,3-11,14-19H2,1-2H3,(H,29,30,31)/b13-12+. The normalized spacial score (nSPS) is 11.2. The van der Waals surface area contributed by atoms with E-state index in [9.17, 15) is 12.7 Å². The molecule has 0 radical (unpaired) electrons. The van der Waals surface area contributed by atoms with Gasteiger partial charge in [-0.25, -0.2) is 0 Å². The molecule has 1 rings (SSSR count). The monoisotopic (exact) mass is 555 g/mol. The Hall–Kier alpha value is -1.37. The second-order valence-corrected chi connectivity index (χ2v) is 10.2. The number of amides is 2. The number of aryl methyl sites for hydroxylation is 1. The minimum absolute atomic E-state index is 0.377. The topological polar surface area (TPSA) is 63.2 Å². The van der Waals surface area contributed by atoms with Crippen molar-refractivity contribution in [3.63, 3.8) is 0 Å². The number of carbonyl (C=O) groups is 2. The Morgan fingerprint density at radius 1 is 0.844 bits per heavy atom. The van der Waals surface area contributed by atoms with Crippen molar-refractivity contribution in [1.29, 1.82) is 0 Å². The van der Waals surface area contributed by atoms with Crippen molar-refractivity contribution in [3.8, 4) is 0 Å². The molecule has 0 aliphatic heterocycles. The molecule has 1 aromatic rings. The van der Waals surface area contributed by atoms with E-state index < -0.39 is 33.0 Å². The van der Waals surface area contributed by atoms with E-state index in [1.807, 2.05) is 6.07 Å². The fraction of sp³-hybridized carbons (Fsp3) is 0.630. The summed E-state index contributed by atoms with van der Waals surface area (Å²) in [5.41, 5.74) is 1.44. The molecule has 0 saturated carbocycles. The molecule has 0 unspecified atom stereocenters. The average molecular weight is 556 g/mol. The number of allylic oxidation sites excluding steroid dienone is 2. The second-order valence-electron chi connectivity index (χ2n) is 8.59. The van der Waals surface area contributed by atoms with Crippen molar-refractivity contribution in [2.45, 2.75) is 110 Å². The molecule has 0 heterocycles. The molecule has 180 valence electrons. The molecule has 0 saturated heterocycles. The first-order chi connectivity index (χ1) is 15.6. The largest absolute Gasteiger partial charge is 0.293 e. The Kier molecular flexibility index (Phi) is 17.1. The van der Waals surface area contributed by atoms with Gasteiger partial charge in [0.2, 0.25) is 5.91 Å². The van der Waals surface area contributed by atoms with Gasteiger partial charge in [0.1, 0.15) is 0 Å². The first-order valence-electron chi connectivity index (χ1n) is 12.5. The van der Waals surface area contributed by atoms with Gasteiger partial charge in [-0.1, -0.05) is 82.9 Å². The maximum atomic E-state index is 12.2. The third-order valence-electron chi connectivity index (χ3n) is 5.63. The van der Waals surface area contributed by atoms with Crippen molar-refractivity contribution in [2.75, 3.05) is 0 Å². The van der Waals surface area contributed by atoms with Gasteiger partial charge in [-0.3, -0.25) is 18.0 Å². The van der Waals surface area contributed by atoms with E-state index in [4.69, 9.17) is 0 Å². The van der Waals surface area contributed by atoms with Crippen LogP contribution in [-0.2, 0) is 14.3 Å². The lowest BCUT2D eigenvalue weighted by atomic mass is 10.0. The zero-order valence-corrected chi connectivity index (χ0v) is 22.3. The molecule has 2 amide bonds. The van der Waals surface area contributed by atoms with E-state index in [1.165, 1.54) is 77.6 Å². The van der Waals surface area contributed by atoms with Gasteiger partial charge in [-0.15, -0.1) is 0 Å². The number of unbranched alkanes of at least 4 members (excludes halogenated alkanes) is 12. The molecule has 1 N–H and O–H groups in total. The molecule has 0 fully saturated rings. The molecule has 5 heteroatoms. The highest BCUT2D eigenvalue weighted by molar-refractivity contribution is 14.1. The molecule has 0 spiro atoms. The van der Waals surface area contributed by atoms with Crippen LogP contribution in [0.15, 0.2) is 30.4 Å². The molecular formula is C27H42INO3. The second kappa shape index (κ2) is 19.1. The first-order valence-corrected chi connectivity index (χ1v) is 14.4. The molecule has 4 nitrogen and oxygen atoms in total. The lowest BCUT2D eigenvalue weighted by molar-refractivity contribution is -0.118. The Balaban J connectivity index is 2.12. The predicted molar refractivity (Wildman–Crippen MR) is 141 cm³/mol. The van der Waals surface area contributed by atoms with Crippen molar-refractivity contribution in [3.05, 3.63) is 45.0 Å². The highest BCUT2D eigenvalue weighted by Crippen LogP contribution is 2.20. The molecule has 0 bridgehead atoms. The highest BCUT2D eigenvalue weighted by Gasteiger charge is 2.13. The van der Waals surface area contributed by atoms with E-state index in [1.54, 1.807) is 12.1 Å². The summed E-state index contributed by atoms with van der Waals surface area (Å²) in [6.45, 7) is 3.57. The SMILES string of the molecule is CCCCCCCCCC/C=C/CCCCCCc1ccc(I=O)c(C(=O)NC(C)=O)c1. The average Bonchev–Trinajstić information content (AvgIpc) is 2.78. The summed E-state index contributed by atoms with van der Waals surface area (Å²) in [5, 5.41) is 2.28. The molecule has 0 aliphatic carbocycles. The van der Waals surface area contributed by atoms with Gasteiger partial charge in [0, 0.05) is 6.92 Å². The summed E-state index contributed by atoms with van der Waals surface area (Å²) in [5.74, 6) is -0.856. The van der Waals surface area contributed by atoms with E-state index in [0.717, 1.165) is 31.2 Å². The number of hydrogen-bond acceptors (Lipinski definition) is 3. The molecular weight excluding hydrogens is 513 g/mol. The molecule has 0 aliphatic rings. The van der Waals surface area contributed by atoms with Crippen LogP contribution in [0.4, 0.5) is 0 Å². The van der Waals surface area contributed by atoms with Crippen LogP contribution in [0.3, 0.4) is 0 Å². The van der Waals surface area contributed by atoms with Gasteiger partial charge < -0.3 is 0 Å². The van der Waals surface area contributed by atoms with Gasteiger partial charge in [0.25, 0.3) is 5.91 Å². The lowest BCUT2D eigenvalue weighted by Crippen LogP contribution is -2.28. The Labute approximate surface area is 205 Å². The van der Waals surface area contributed by atoms with Gasteiger partial charge >= 0.3 is 0 Å². The van der Waals surface area contributed by atoms with Crippen molar-refractivity contribution < 1.29 is 12.7 Å². The van der Waals surface area contributed by atoms with E-state index in [2.05, 4.69) is 24.4 Å². The van der Waals surface area contributed by atoms with Crippen LogP contribution in [0.25, 0.3) is 0 Å². The lowest BCUT2D eigenvalue weighted by Gasteiger charge is -2.07. The third-order valence-corrected chi connectivity index (χ3v) is 7.04. The predicted octanol–water partition coefficient (Wildman–Crippen LogP) is 8.03. The van der Waals surface area contributed by atoms with Gasteiger partial charge in [0.15, 0.2) is 21.2 Å². The summed E-state index contributed by atoms with van der Waals surface area (Å²) < 4.78 is 12.0. The summed E-state index contributed by atoms with van der Waals surface area (Å²) in [6.07, 6.45) is 23.7. The van der Waals surface area contributed by atoms with Crippen LogP contribution in [0, 0.1) is 3.57 Å². The van der Waals surface area contributed by atoms with Crippen molar-refractivity contribution in [1.82, 2.24) is 5.32 Å². The zero-order valence-electron chi connectivity index (χ0n) is 20.1. The van der Waals surface area contributed by atoms with Crippen LogP contribution >= 0.6 is 21.2 Å². The first kappa shape index (κ1) is 28.7. The molecule has 0 aromatic heterocycles. The number of hydrogen-bond donors (Lipinski definition) is 1. The Morgan fingerprint density at radius 2 is 1.41 bits per heavy atom. The quantitative estimate of drug-likeness (QED) is 0.113. The fourth-order valence-electron chi connectivity index (χ4n) is 3.77. The fourth-order valence-corrected chi connectivity index (χ4v) is 4.74. The Bertz CT molecular complexity index is 715.